The minimum absolute atomic E-state index is 0. The van der Waals surface area contributed by atoms with Crippen LogP contribution in [0.2, 0.25) is 0 Å². The molecule has 6 aliphatic heterocycles. The van der Waals surface area contributed by atoms with Crippen molar-refractivity contribution < 1.29 is 118 Å². The van der Waals surface area contributed by atoms with Gasteiger partial charge in [-0.2, -0.15) is 0 Å². The molecule has 0 aromatic rings. The highest BCUT2D eigenvalue weighted by Gasteiger charge is 2.57. The van der Waals surface area contributed by atoms with Crippen molar-refractivity contribution in [2.75, 3.05) is 39.3 Å². The molecule has 38 nitrogen and oxygen atoms in total. The van der Waals surface area contributed by atoms with Gasteiger partial charge in [0.2, 0.25) is 0 Å². The third kappa shape index (κ3) is 15.4. The van der Waals surface area contributed by atoms with Gasteiger partial charge in [-0.15, -0.1) is 0 Å². The van der Waals surface area contributed by atoms with Crippen LogP contribution in [0.25, 0.3) is 0 Å². The summed E-state index contributed by atoms with van der Waals surface area (Å²) in [7, 11) is 0. The molecular weight excluding hydrogens is 1190 g/mol. The molecule has 0 spiro atoms. The van der Waals surface area contributed by atoms with Gasteiger partial charge < -0.3 is 198 Å². The van der Waals surface area contributed by atoms with Gasteiger partial charge in [0.15, 0.2) is 42.9 Å². The van der Waals surface area contributed by atoms with E-state index in [1.807, 2.05) is 0 Å². The van der Waals surface area contributed by atoms with Crippen LogP contribution < -0.4 is 79.4 Å². The zero-order valence-electron chi connectivity index (χ0n) is 46.7. The molecule has 0 bridgehead atoms. The third-order valence-corrected chi connectivity index (χ3v) is 17.6. The Balaban J connectivity index is 0.0000108. The molecule has 2 aliphatic carbocycles. The van der Waals surface area contributed by atoms with Crippen LogP contribution in [-0.2, 0) is 56.8 Å². The standard InChI is InChI=1S/C47H92N14O24S.CH4/c48-3-13-25(64)29(68)19(56)41(74-13)80-35-11(54)1-9(52)23(62)39(35)84-45-33(72)37(82-43-21(58)31(70)27(66)15(5-50)76-43)17(78-45)7-60-47(86)61-8-18-38(83-44-22(59)32(71)28(67)16(6-51)77-44)34(73)46(79-18)85-40-24(63)10(53)2-12(55)36(40)81-42-20(57)30(69)26(65)14(4-49)75-42;/h9-46,62-73H,1-8,48-59H2,(H2,60,61,86);1H4/t9-,10+,11?,12?,13?,14?,15+,16-,17-,18-,19?,20?,21?,22?,23?,24+,25?,26?,27?,28?,29-,30-,31?,32?,33+,34?,35?,36?,37?,38?,39-,40?,41-,42+,43-,44+,45+,46+;/m1./s1. The largest absolute Gasteiger partial charge is 0.389 e. The Bertz CT molecular complexity index is 2010. The van der Waals surface area contributed by atoms with Gasteiger partial charge in [0.05, 0.1) is 36.4 Å². The smallest absolute Gasteiger partial charge is 0.187 e. The summed E-state index contributed by atoms with van der Waals surface area (Å²) in [4.78, 5) is 0. The molecule has 38 N–H and O–H groups in total. The Morgan fingerprint density at radius 1 is 0.322 bits per heavy atom. The fourth-order valence-electron chi connectivity index (χ4n) is 12.0. The zero-order valence-corrected chi connectivity index (χ0v) is 47.5. The lowest BCUT2D eigenvalue weighted by atomic mass is 9.84. The summed E-state index contributed by atoms with van der Waals surface area (Å²) >= 11 is 5.69. The highest BCUT2D eigenvalue weighted by molar-refractivity contribution is 7.80. The van der Waals surface area contributed by atoms with E-state index < -0.39 is 233 Å². The SMILES string of the molecule is C.NCC1O[C@H](OC2C(N)C[C@@H](N)C(O)[C@H]2O[C@@H]2O[C@H](CNC(=S)NC[C@H]3O[C@@H](OC4C(O[C@@H]5OC(CN)C(O)[C@H](O)C5N)C(N)C[C@H](N)[C@@H]4O)C(O)C3O[C@@H]3O[C@H](CN)C(O)C(O)C3N)C(O[C@H]3O[C@@H](CN)C(O)C(O)C3N)[C@@H]2O)C(N)[C@@H](O)C1O. The number of nitrogens with two attached hydrogens (primary N) is 12. The van der Waals surface area contributed by atoms with Gasteiger partial charge in [-0.25, -0.2) is 0 Å². The number of rotatable bonds is 20. The molecule has 0 radical (unpaired) electrons. The molecular formula is C48H96N14O24S. The van der Waals surface area contributed by atoms with Crippen LogP contribution in [0.15, 0.2) is 0 Å². The van der Waals surface area contributed by atoms with Crippen LogP contribution in [-0.4, -0.2) is 338 Å². The quantitative estimate of drug-likeness (QED) is 0.0503. The van der Waals surface area contributed by atoms with Crippen molar-refractivity contribution in [2.45, 2.75) is 253 Å². The van der Waals surface area contributed by atoms with E-state index in [1.54, 1.807) is 0 Å². The van der Waals surface area contributed by atoms with Crippen molar-refractivity contribution >= 4 is 17.3 Å². The summed E-state index contributed by atoms with van der Waals surface area (Å²) in [5.41, 5.74) is 73.9. The summed E-state index contributed by atoms with van der Waals surface area (Å²) in [5, 5.41) is 138. The molecule has 8 rings (SSSR count). The Labute approximate surface area is 505 Å². The van der Waals surface area contributed by atoms with Gasteiger partial charge in [0.1, 0.15) is 134 Å². The van der Waals surface area contributed by atoms with Crippen LogP contribution >= 0.6 is 12.2 Å². The van der Waals surface area contributed by atoms with Crippen LogP contribution in [0.3, 0.4) is 0 Å². The van der Waals surface area contributed by atoms with Gasteiger partial charge in [-0.3, -0.25) is 0 Å². The maximum Gasteiger partial charge on any atom is 0.187 e. The lowest BCUT2D eigenvalue weighted by molar-refractivity contribution is -0.306. The first-order valence-corrected chi connectivity index (χ1v) is 29.0. The number of aliphatic hydroxyl groups excluding tert-OH is 12. The first-order chi connectivity index (χ1) is 40.6. The monoisotopic (exact) mass is 1280 g/mol. The van der Waals surface area contributed by atoms with Crippen molar-refractivity contribution in [3.63, 3.8) is 0 Å². The molecule has 6 heterocycles. The number of hydrogen-bond acceptors (Lipinski definition) is 37. The lowest BCUT2D eigenvalue weighted by Gasteiger charge is -2.47. The van der Waals surface area contributed by atoms with Crippen LogP contribution in [0.1, 0.15) is 20.3 Å². The number of thiocarbonyl (C=S) groups is 1. The Morgan fingerprint density at radius 3 is 0.828 bits per heavy atom. The summed E-state index contributed by atoms with van der Waals surface area (Å²) in [6.45, 7) is -1.79. The molecule has 38 atom stereocenters. The molecule has 6 saturated heterocycles. The van der Waals surface area contributed by atoms with Crippen LogP contribution in [0, 0.1) is 0 Å². The van der Waals surface area contributed by atoms with Gasteiger partial charge >= 0.3 is 0 Å². The molecule has 2 saturated carbocycles. The molecule has 0 amide bonds. The summed E-state index contributed by atoms with van der Waals surface area (Å²) in [6, 6.07) is -9.58. The van der Waals surface area contributed by atoms with Crippen molar-refractivity contribution in [3.8, 4) is 0 Å². The zero-order chi connectivity index (χ0) is 63.1. The second-order valence-corrected chi connectivity index (χ2v) is 23.6. The first kappa shape index (κ1) is 72.7. The highest BCUT2D eigenvalue weighted by Crippen LogP contribution is 2.37. The van der Waals surface area contributed by atoms with E-state index in [2.05, 4.69) is 10.6 Å². The summed E-state index contributed by atoms with van der Waals surface area (Å²) in [6.07, 6.45) is -44.6. The molecule has 87 heavy (non-hydrogen) atoms. The van der Waals surface area contributed by atoms with E-state index >= 15 is 0 Å². The Morgan fingerprint density at radius 2 is 0.563 bits per heavy atom. The van der Waals surface area contributed by atoms with Crippen LogP contribution in [0.5, 0.6) is 0 Å². The van der Waals surface area contributed by atoms with E-state index in [9.17, 15) is 61.3 Å². The second-order valence-electron chi connectivity index (χ2n) is 23.2. The number of aliphatic hydroxyl groups is 12. The maximum absolute atomic E-state index is 12.0. The fraction of sp³-hybridized carbons (Fsp3) is 0.979. The number of hydrogen-bond donors (Lipinski definition) is 26. The predicted octanol–water partition coefficient (Wildman–Crippen LogP) is -16.7. The summed E-state index contributed by atoms with van der Waals surface area (Å²) in [5.74, 6) is 0. The summed E-state index contributed by atoms with van der Waals surface area (Å²) < 4.78 is 73.1. The molecule has 8 fully saturated rings. The highest BCUT2D eigenvalue weighted by atomic mass is 32.1. The van der Waals surface area contributed by atoms with E-state index in [4.69, 9.17) is 138 Å². The predicted molar refractivity (Wildman–Crippen MR) is 298 cm³/mol. The van der Waals surface area contributed by atoms with Crippen molar-refractivity contribution in [1.82, 2.24) is 10.6 Å². The van der Waals surface area contributed by atoms with E-state index in [0.29, 0.717) is 0 Å². The molecule has 39 heteroatoms. The lowest BCUT2D eigenvalue weighted by Crippen LogP contribution is -2.68. The maximum atomic E-state index is 12.0. The number of ether oxygens (including phenoxy) is 12. The molecule has 8 aliphatic rings. The topological polar surface area (TPSA) is 690 Å². The van der Waals surface area contributed by atoms with Crippen molar-refractivity contribution in [3.05, 3.63) is 0 Å². The molecule has 508 valence electrons. The fourth-order valence-corrected chi connectivity index (χ4v) is 12.1. The first-order valence-electron chi connectivity index (χ1n) is 28.5. The van der Waals surface area contributed by atoms with E-state index in [1.165, 1.54) is 0 Å². The second kappa shape index (κ2) is 31.0. The van der Waals surface area contributed by atoms with Crippen LogP contribution in [0.4, 0.5) is 0 Å². The van der Waals surface area contributed by atoms with E-state index in [0.717, 1.165) is 0 Å². The average molecular weight is 1290 g/mol. The molecule has 0 aromatic heterocycles. The number of nitrogens with one attached hydrogen (secondary N) is 2. The van der Waals surface area contributed by atoms with Gasteiger partial charge in [-0.1, -0.05) is 7.43 Å². The van der Waals surface area contributed by atoms with E-state index in [-0.39, 0.29) is 64.6 Å². The molecule has 21 unspecified atom stereocenters. The van der Waals surface area contributed by atoms with Gasteiger partial charge in [0.25, 0.3) is 0 Å². The minimum atomic E-state index is -1.81. The van der Waals surface area contributed by atoms with Crippen molar-refractivity contribution in [2.24, 2.45) is 68.8 Å². The minimum Gasteiger partial charge on any atom is -0.389 e. The third-order valence-electron chi connectivity index (χ3n) is 17.3. The van der Waals surface area contributed by atoms with Gasteiger partial charge in [-0.05, 0) is 25.1 Å². The molecule has 0 aromatic carbocycles. The Hall–Kier alpha value is -1.75. The van der Waals surface area contributed by atoms with Gasteiger partial charge in [0, 0.05) is 63.4 Å². The average Bonchev–Trinajstić information content (AvgIpc) is 2.04. The van der Waals surface area contributed by atoms with Crippen molar-refractivity contribution in [1.29, 1.82) is 0 Å². The normalized spacial score (nSPS) is 52.3. The Kier molecular flexibility index (Phi) is 25.9.